The fourth-order valence-corrected chi connectivity index (χ4v) is 4.86. The summed E-state index contributed by atoms with van der Waals surface area (Å²) in [5.41, 5.74) is 4.32. The maximum atomic E-state index is 13.2. The first-order valence-electron chi connectivity index (χ1n) is 12.0. The van der Waals surface area contributed by atoms with E-state index in [1.807, 2.05) is 39.0 Å². The largest absolute Gasteiger partial charge is 0.372 e. The van der Waals surface area contributed by atoms with Crippen LogP contribution in [0.5, 0.6) is 0 Å². The summed E-state index contributed by atoms with van der Waals surface area (Å²) in [5, 5.41) is 17.9. The smallest absolute Gasteiger partial charge is 0.178 e. The van der Waals surface area contributed by atoms with Crippen LogP contribution in [0.4, 0.5) is 0 Å². The highest BCUT2D eigenvalue weighted by Gasteiger charge is 2.46. The van der Waals surface area contributed by atoms with Gasteiger partial charge in [-0.3, -0.25) is 9.69 Å². The van der Waals surface area contributed by atoms with Gasteiger partial charge in [-0.1, -0.05) is 13.8 Å². The number of ketones is 1. The van der Waals surface area contributed by atoms with Crippen LogP contribution in [0.2, 0.25) is 0 Å². The Labute approximate surface area is 197 Å². The average molecular weight is 447 g/mol. The maximum absolute atomic E-state index is 13.2. The minimum Gasteiger partial charge on any atom is -0.372 e. The van der Waals surface area contributed by atoms with Crippen molar-refractivity contribution >= 4 is 5.78 Å². The molecule has 0 amide bonds. The first kappa shape index (κ1) is 24.7. The normalized spacial score (nSPS) is 21.2. The van der Waals surface area contributed by atoms with Gasteiger partial charge in [-0.2, -0.15) is 10.5 Å². The standard InChI is InChI=1S/C25H28N4O2.C2H6/c1-17-12-23-25(31-17)16-28(23)15-24(30)22-13-21(6-4-3-5-11-26)29(18(22)2)20-9-7-19(14-27)8-10-20;1-2/h7-10,13,17,23,25H,3-6,12,15-16H2,1-2H3;1-2H3. The Balaban J connectivity index is 0.00000149. The Morgan fingerprint density at radius 1 is 1.18 bits per heavy atom. The van der Waals surface area contributed by atoms with Crippen LogP contribution in [0.1, 0.15) is 73.8 Å². The number of carbonyl (C=O) groups is 1. The van der Waals surface area contributed by atoms with Gasteiger partial charge < -0.3 is 9.30 Å². The van der Waals surface area contributed by atoms with Crippen molar-refractivity contribution < 1.29 is 9.53 Å². The van der Waals surface area contributed by atoms with Crippen molar-refractivity contribution in [1.29, 1.82) is 10.5 Å². The molecule has 3 heterocycles. The highest BCUT2D eigenvalue weighted by atomic mass is 16.5. The van der Waals surface area contributed by atoms with Crippen molar-refractivity contribution in [1.82, 2.24) is 9.47 Å². The van der Waals surface area contributed by atoms with Crippen LogP contribution < -0.4 is 0 Å². The number of fused-ring (bicyclic) bond motifs is 1. The molecule has 2 fully saturated rings. The second-order valence-corrected chi connectivity index (χ2v) is 8.63. The Morgan fingerprint density at radius 3 is 2.55 bits per heavy atom. The van der Waals surface area contributed by atoms with Crippen molar-refractivity contribution in [2.75, 3.05) is 13.1 Å². The van der Waals surface area contributed by atoms with E-state index in [1.165, 1.54) is 0 Å². The van der Waals surface area contributed by atoms with Crippen LogP contribution in [0, 0.1) is 29.6 Å². The van der Waals surface area contributed by atoms with Crippen LogP contribution in [0.15, 0.2) is 30.3 Å². The zero-order chi connectivity index (χ0) is 24.0. The topological polar surface area (TPSA) is 82.0 Å². The van der Waals surface area contributed by atoms with Crippen molar-refractivity contribution in [3.05, 3.63) is 52.8 Å². The number of hydrogen-bond acceptors (Lipinski definition) is 5. The molecule has 0 N–H and O–H groups in total. The molecule has 1 aromatic carbocycles. The van der Waals surface area contributed by atoms with E-state index in [2.05, 4.69) is 28.5 Å². The van der Waals surface area contributed by atoms with Gasteiger partial charge in [0.2, 0.25) is 0 Å². The number of Topliss-reactive ketones (excluding diaryl/α,β-unsaturated/α-hetero) is 1. The van der Waals surface area contributed by atoms with Crippen LogP contribution in [0.3, 0.4) is 0 Å². The van der Waals surface area contributed by atoms with Gasteiger partial charge in [-0.05, 0) is 69.9 Å². The number of benzene rings is 1. The third-order valence-corrected chi connectivity index (χ3v) is 6.49. The molecule has 2 saturated heterocycles. The zero-order valence-electron chi connectivity index (χ0n) is 20.2. The van der Waals surface area contributed by atoms with Crippen LogP contribution in [-0.4, -0.2) is 46.6 Å². The molecule has 2 aliphatic rings. The first-order valence-corrected chi connectivity index (χ1v) is 12.0. The van der Waals surface area contributed by atoms with E-state index in [0.717, 1.165) is 54.9 Å². The van der Waals surface area contributed by atoms with E-state index >= 15 is 0 Å². The number of carbonyl (C=O) groups excluding carboxylic acids is 1. The summed E-state index contributed by atoms with van der Waals surface area (Å²) < 4.78 is 7.99. The lowest BCUT2D eigenvalue weighted by Crippen LogP contribution is -2.58. The van der Waals surface area contributed by atoms with E-state index in [4.69, 9.17) is 15.3 Å². The van der Waals surface area contributed by atoms with Crippen molar-refractivity contribution in [3.8, 4) is 17.8 Å². The van der Waals surface area contributed by atoms with Gasteiger partial charge in [0.05, 0.1) is 36.5 Å². The lowest BCUT2D eigenvalue weighted by atomic mass is 9.96. The van der Waals surface area contributed by atoms with Crippen molar-refractivity contribution in [3.63, 3.8) is 0 Å². The first-order chi connectivity index (χ1) is 16.0. The number of hydrogen-bond donors (Lipinski definition) is 0. The number of rotatable bonds is 8. The monoisotopic (exact) mass is 446 g/mol. The third kappa shape index (κ3) is 5.36. The van der Waals surface area contributed by atoms with Gasteiger partial charge in [-0.15, -0.1) is 0 Å². The van der Waals surface area contributed by atoms with Gasteiger partial charge in [0, 0.05) is 41.6 Å². The number of aromatic nitrogens is 1. The van der Waals surface area contributed by atoms with Gasteiger partial charge in [0.15, 0.2) is 5.78 Å². The number of nitrogens with zero attached hydrogens (tertiary/aromatic N) is 4. The number of ether oxygens (including phenoxy) is 1. The summed E-state index contributed by atoms with van der Waals surface area (Å²) >= 11 is 0. The van der Waals surface area contributed by atoms with Crippen LogP contribution in [0.25, 0.3) is 5.69 Å². The van der Waals surface area contributed by atoms with Gasteiger partial charge in [0.1, 0.15) is 0 Å². The van der Waals surface area contributed by atoms with Gasteiger partial charge >= 0.3 is 0 Å². The molecule has 2 aliphatic heterocycles. The average Bonchev–Trinajstić information content (AvgIpc) is 3.32. The summed E-state index contributed by atoms with van der Waals surface area (Å²) in [4.78, 5) is 15.5. The predicted octanol–water partition coefficient (Wildman–Crippen LogP) is 4.96. The second-order valence-electron chi connectivity index (χ2n) is 8.63. The molecule has 2 aromatic rings. The summed E-state index contributed by atoms with van der Waals surface area (Å²) in [5.74, 6) is 0.140. The number of nitriles is 2. The number of unbranched alkanes of at least 4 members (excludes halogenated alkanes) is 2. The number of aryl methyl sites for hydroxylation is 1. The molecular formula is C27H34N4O2. The van der Waals surface area contributed by atoms with Gasteiger partial charge in [0.25, 0.3) is 0 Å². The molecule has 6 heteroatoms. The van der Waals surface area contributed by atoms with E-state index < -0.39 is 0 Å². The van der Waals surface area contributed by atoms with E-state index in [0.29, 0.717) is 24.6 Å². The second kappa shape index (κ2) is 11.3. The highest BCUT2D eigenvalue weighted by molar-refractivity contribution is 5.99. The SMILES string of the molecule is CC.Cc1c(C(=O)CN2CC3OC(C)CC32)cc(CCCCC#N)n1-c1ccc(C#N)cc1. The predicted molar refractivity (Wildman–Crippen MR) is 128 cm³/mol. The van der Waals surface area contributed by atoms with E-state index in [1.54, 1.807) is 12.1 Å². The Bertz CT molecular complexity index is 1040. The van der Waals surface area contributed by atoms with Crippen molar-refractivity contribution in [2.45, 2.75) is 78.0 Å². The van der Waals surface area contributed by atoms with Crippen molar-refractivity contribution in [2.24, 2.45) is 0 Å². The third-order valence-electron chi connectivity index (χ3n) is 6.49. The fourth-order valence-electron chi connectivity index (χ4n) is 4.86. The molecule has 4 rings (SSSR count). The molecule has 0 saturated carbocycles. The number of likely N-dealkylation sites (tertiary alicyclic amines) is 1. The fraction of sp³-hybridized carbons (Fsp3) is 0.519. The lowest BCUT2D eigenvalue weighted by molar-refractivity contribution is -0.0507. The molecule has 3 atom stereocenters. The summed E-state index contributed by atoms with van der Waals surface area (Å²) in [6, 6.07) is 14.2. The maximum Gasteiger partial charge on any atom is 0.178 e. The highest BCUT2D eigenvalue weighted by Crippen LogP contribution is 2.34. The molecule has 1 aromatic heterocycles. The van der Waals surface area contributed by atoms with Crippen LogP contribution in [-0.2, 0) is 11.2 Å². The minimum atomic E-state index is 0.140. The minimum absolute atomic E-state index is 0.140. The van der Waals surface area contributed by atoms with E-state index in [-0.39, 0.29) is 18.0 Å². The van der Waals surface area contributed by atoms with Gasteiger partial charge in [-0.25, -0.2) is 0 Å². The Kier molecular flexibility index (Phi) is 8.44. The molecule has 3 unspecified atom stereocenters. The molecular weight excluding hydrogens is 412 g/mol. The summed E-state index contributed by atoms with van der Waals surface area (Å²) in [6.45, 7) is 9.34. The molecule has 0 radical (unpaired) electrons. The van der Waals surface area contributed by atoms with E-state index in [9.17, 15) is 4.79 Å². The Morgan fingerprint density at radius 2 is 1.91 bits per heavy atom. The molecule has 6 nitrogen and oxygen atoms in total. The zero-order valence-corrected chi connectivity index (χ0v) is 20.2. The quantitative estimate of drug-likeness (QED) is 0.423. The van der Waals surface area contributed by atoms with Crippen LogP contribution >= 0.6 is 0 Å². The molecule has 0 aliphatic carbocycles. The Hall–Kier alpha value is -2.93. The molecule has 0 bridgehead atoms. The summed E-state index contributed by atoms with van der Waals surface area (Å²) in [6.07, 6.45) is 4.62. The summed E-state index contributed by atoms with van der Waals surface area (Å²) in [7, 11) is 0. The lowest BCUT2D eigenvalue weighted by Gasteiger charge is -2.42. The molecule has 33 heavy (non-hydrogen) atoms. The molecule has 174 valence electrons. The molecule has 0 spiro atoms.